The van der Waals surface area contributed by atoms with Crippen LogP contribution >= 0.6 is 0 Å². The van der Waals surface area contributed by atoms with E-state index in [-0.39, 0.29) is 43.0 Å². The van der Waals surface area contributed by atoms with Crippen LogP contribution in [-0.4, -0.2) is 40.6 Å². The summed E-state index contributed by atoms with van der Waals surface area (Å²) in [4.78, 5) is 41.5. The Bertz CT molecular complexity index is 1040. The summed E-state index contributed by atoms with van der Waals surface area (Å²) in [6.45, 7) is 4.17. The topological polar surface area (TPSA) is 87.2 Å². The molecule has 2 amide bonds. The lowest BCUT2D eigenvalue weighted by Crippen LogP contribution is -2.52. The molecule has 2 aliphatic rings. The Morgan fingerprint density at radius 2 is 1.79 bits per heavy atom. The number of anilines is 1. The summed E-state index contributed by atoms with van der Waals surface area (Å²) in [5, 5.41) is 9.30. The predicted octanol–water partition coefficient (Wildman–Crippen LogP) is 5.01. The molecule has 1 fully saturated rings. The minimum absolute atomic E-state index is 0.0396. The van der Waals surface area contributed by atoms with Crippen molar-refractivity contribution in [2.45, 2.75) is 58.2 Å². The summed E-state index contributed by atoms with van der Waals surface area (Å²) in [6, 6.07) is 17.1. The van der Waals surface area contributed by atoms with Crippen LogP contribution in [0.1, 0.15) is 56.7 Å². The second-order valence-electron chi connectivity index (χ2n) is 9.20. The molecule has 1 unspecified atom stereocenters. The van der Waals surface area contributed by atoms with Gasteiger partial charge in [0.2, 0.25) is 5.91 Å². The van der Waals surface area contributed by atoms with E-state index in [2.05, 4.69) is 0 Å². The number of carbonyl (C=O) groups is 3. The number of carboxylic acid groups (broad SMARTS) is 1. The fourth-order valence-corrected chi connectivity index (χ4v) is 5.44. The lowest BCUT2D eigenvalue weighted by atomic mass is 9.81. The van der Waals surface area contributed by atoms with Gasteiger partial charge in [-0.25, -0.2) is 4.79 Å². The maximum atomic E-state index is 13.3. The van der Waals surface area contributed by atoms with Crippen LogP contribution in [-0.2, 0) is 20.9 Å². The standard InChI is InChI=1S/C27H32N2O5/c1-3-28(24(30)16-18(2)26(31)32)25-20-12-7-8-14-22(20)29(23-15-9-13-21(23)25)27(33)34-17-19-10-5-4-6-11-19/h4-8,10-12,14,18,21,23,25H,3,9,13,15-17H2,1-2H3,(H,31,32)/t18?,21-,23+,25-/m0/s1. The molecule has 1 saturated carbocycles. The highest BCUT2D eigenvalue weighted by atomic mass is 16.6. The van der Waals surface area contributed by atoms with Gasteiger partial charge in [0.1, 0.15) is 6.61 Å². The average Bonchev–Trinajstić information content (AvgIpc) is 3.32. The minimum atomic E-state index is -0.973. The molecular weight excluding hydrogens is 432 g/mol. The fourth-order valence-electron chi connectivity index (χ4n) is 5.44. The number of rotatable bonds is 7. The van der Waals surface area contributed by atoms with Crippen molar-refractivity contribution in [3.8, 4) is 0 Å². The first-order valence-electron chi connectivity index (χ1n) is 12.0. The van der Waals surface area contributed by atoms with Gasteiger partial charge in [0.25, 0.3) is 0 Å². The number of amides is 2. The van der Waals surface area contributed by atoms with E-state index in [4.69, 9.17) is 4.74 Å². The third kappa shape index (κ3) is 4.65. The van der Waals surface area contributed by atoms with Crippen LogP contribution in [0.5, 0.6) is 0 Å². The fraction of sp³-hybridized carbons (Fsp3) is 0.444. The van der Waals surface area contributed by atoms with Gasteiger partial charge < -0.3 is 14.7 Å². The van der Waals surface area contributed by atoms with Crippen LogP contribution in [0.4, 0.5) is 10.5 Å². The molecule has 2 aromatic carbocycles. The Kier molecular flexibility index (Phi) is 7.20. The van der Waals surface area contributed by atoms with Gasteiger partial charge in [0.15, 0.2) is 0 Å². The summed E-state index contributed by atoms with van der Waals surface area (Å²) in [6.07, 6.45) is 2.28. The van der Waals surface area contributed by atoms with Gasteiger partial charge >= 0.3 is 12.1 Å². The van der Waals surface area contributed by atoms with Crippen molar-refractivity contribution in [2.24, 2.45) is 11.8 Å². The van der Waals surface area contributed by atoms with Crippen LogP contribution in [0.15, 0.2) is 54.6 Å². The molecule has 0 radical (unpaired) electrons. The summed E-state index contributed by atoms with van der Waals surface area (Å²) >= 11 is 0. The Morgan fingerprint density at radius 3 is 2.50 bits per heavy atom. The molecule has 0 bridgehead atoms. The number of carboxylic acids is 1. The van der Waals surface area contributed by atoms with Crippen molar-refractivity contribution in [3.05, 3.63) is 65.7 Å². The van der Waals surface area contributed by atoms with Crippen molar-refractivity contribution >= 4 is 23.7 Å². The van der Waals surface area contributed by atoms with E-state index in [1.165, 1.54) is 0 Å². The van der Waals surface area contributed by atoms with E-state index >= 15 is 0 Å². The molecule has 180 valence electrons. The van der Waals surface area contributed by atoms with Gasteiger partial charge in [0.05, 0.1) is 17.6 Å². The minimum Gasteiger partial charge on any atom is -0.481 e. The van der Waals surface area contributed by atoms with E-state index in [0.29, 0.717) is 6.54 Å². The van der Waals surface area contributed by atoms with Crippen LogP contribution in [0.2, 0.25) is 0 Å². The SMILES string of the molecule is CCN(C(=O)CC(C)C(=O)O)[C@H]1c2ccccc2N(C(=O)OCc2ccccc2)[C@@H]2CCC[C@@H]21. The molecule has 7 nitrogen and oxygen atoms in total. The summed E-state index contributed by atoms with van der Waals surface area (Å²) < 4.78 is 5.72. The normalized spacial score (nSPS) is 21.8. The number of benzene rings is 2. The number of hydrogen-bond donors (Lipinski definition) is 1. The van der Waals surface area contributed by atoms with Crippen molar-refractivity contribution in [2.75, 3.05) is 11.4 Å². The molecule has 7 heteroatoms. The number of nitrogens with zero attached hydrogens (tertiary/aromatic N) is 2. The zero-order valence-electron chi connectivity index (χ0n) is 19.7. The first kappa shape index (κ1) is 23.8. The number of aliphatic carboxylic acids is 1. The number of para-hydroxylation sites is 1. The maximum absolute atomic E-state index is 13.3. The second-order valence-corrected chi connectivity index (χ2v) is 9.20. The third-order valence-corrected chi connectivity index (χ3v) is 7.08. The van der Waals surface area contributed by atoms with Crippen LogP contribution in [0.3, 0.4) is 0 Å². The molecule has 0 spiro atoms. The number of carbonyl (C=O) groups excluding carboxylic acids is 2. The lowest BCUT2D eigenvalue weighted by Gasteiger charge is -2.47. The zero-order valence-corrected chi connectivity index (χ0v) is 19.7. The van der Waals surface area contributed by atoms with E-state index in [1.807, 2.05) is 66.4 Å². The smallest absolute Gasteiger partial charge is 0.414 e. The molecule has 4 atom stereocenters. The molecule has 34 heavy (non-hydrogen) atoms. The van der Waals surface area contributed by atoms with Crippen molar-refractivity contribution in [1.29, 1.82) is 0 Å². The van der Waals surface area contributed by atoms with E-state index < -0.39 is 11.9 Å². The van der Waals surface area contributed by atoms with Crippen LogP contribution in [0, 0.1) is 11.8 Å². The van der Waals surface area contributed by atoms with Crippen LogP contribution < -0.4 is 4.90 Å². The lowest BCUT2D eigenvalue weighted by molar-refractivity contribution is -0.146. The largest absolute Gasteiger partial charge is 0.481 e. The zero-order chi connectivity index (χ0) is 24.2. The first-order valence-corrected chi connectivity index (χ1v) is 12.0. The quantitative estimate of drug-likeness (QED) is 0.622. The Hall–Kier alpha value is -3.35. The maximum Gasteiger partial charge on any atom is 0.414 e. The van der Waals surface area contributed by atoms with E-state index in [0.717, 1.165) is 36.1 Å². The average molecular weight is 465 g/mol. The Labute approximate surface area is 200 Å². The van der Waals surface area contributed by atoms with Gasteiger partial charge in [-0.05, 0) is 37.0 Å². The van der Waals surface area contributed by atoms with E-state index in [9.17, 15) is 19.5 Å². The second kappa shape index (κ2) is 10.3. The van der Waals surface area contributed by atoms with Gasteiger partial charge in [-0.3, -0.25) is 14.5 Å². The van der Waals surface area contributed by atoms with Gasteiger partial charge in [-0.15, -0.1) is 0 Å². The highest BCUT2D eigenvalue weighted by Crippen LogP contribution is 2.50. The molecule has 0 aromatic heterocycles. The monoisotopic (exact) mass is 464 g/mol. The highest BCUT2D eigenvalue weighted by Gasteiger charge is 2.49. The first-order chi connectivity index (χ1) is 16.4. The molecule has 0 saturated heterocycles. The molecule has 1 heterocycles. The molecule has 1 aliphatic heterocycles. The summed E-state index contributed by atoms with van der Waals surface area (Å²) in [5.74, 6) is -1.81. The number of hydrogen-bond acceptors (Lipinski definition) is 4. The molecule has 2 aromatic rings. The van der Waals surface area contributed by atoms with Crippen LogP contribution in [0.25, 0.3) is 0 Å². The Balaban J connectivity index is 1.64. The summed E-state index contributed by atoms with van der Waals surface area (Å²) in [5.41, 5.74) is 2.61. The highest BCUT2D eigenvalue weighted by molar-refractivity contribution is 5.91. The number of fused-ring (bicyclic) bond motifs is 2. The van der Waals surface area contributed by atoms with Crippen molar-refractivity contribution in [1.82, 2.24) is 4.90 Å². The summed E-state index contributed by atoms with van der Waals surface area (Å²) in [7, 11) is 0. The van der Waals surface area contributed by atoms with E-state index in [1.54, 1.807) is 11.8 Å². The van der Waals surface area contributed by atoms with Crippen molar-refractivity contribution in [3.63, 3.8) is 0 Å². The molecular formula is C27H32N2O5. The van der Waals surface area contributed by atoms with Crippen molar-refractivity contribution < 1.29 is 24.2 Å². The van der Waals surface area contributed by atoms with Gasteiger partial charge in [-0.1, -0.05) is 61.9 Å². The number of ether oxygens (including phenoxy) is 1. The molecule has 1 N–H and O–H groups in total. The third-order valence-electron chi connectivity index (χ3n) is 7.08. The molecule has 1 aliphatic carbocycles. The molecule has 4 rings (SSSR count). The van der Waals surface area contributed by atoms with Gasteiger partial charge in [-0.2, -0.15) is 0 Å². The predicted molar refractivity (Wildman–Crippen MR) is 128 cm³/mol. The van der Waals surface area contributed by atoms with Gasteiger partial charge in [0, 0.05) is 24.9 Å². The Morgan fingerprint density at radius 1 is 1.09 bits per heavy atom.